The molecule has 1 aromatic carbocycles. The Balaban J connectivity index is 1.74. The molecule has 0 spiro atoms. The maximum Gasteiger partial charge on any atom is 0.274 e. The minimum absolute atomic E-state index is 0.150. The summed E-state index contributed by atoms with van der Waals surface area (Å²) in [7, 11) is 1.52. The zero-order valence-corrected chi connectivity index (χ0v) is 16.5. The highest BCUT2D eigenvalue weighted by Crippen LogP contribution is 2.37. The first-order valence-electron chi connectivity index (χ1n) is 9.18. The third-order valence-electron chi connectivity index (χ3n) is 5.00. The fourth-order valence-electron chi connectivity index (χ4n) is 3.57. The molecule has 0 bridgehead atoms. The molecule has 2 N–H and O–H groups in total. The lowest BCUT2D eigenvalue weighted by molar-refractivity contribution is 0.0724. The molecule has 0 radical (unpaired) electrons. The molecular formula is C20H19ClN6O2. The van der Waals surface area contributed by atoms with Gasteiger partial charge in [0.05, 0.1) is 11.7 Å². The number of carbonyl (C=O) groups is 1. The molecule has 3 aromatic rings. The van der Waals surface area contributed by atoms with Crippen LogP contribution in [0, 0.1) is 0 Å². The summed E-state index contributed by atoms with van der Waals surface area (Å²) in [5.74, 6) is -0.0976. The number of amides is 1. The van der Waals surface area contributed by atoms with Crippen LogP contribution in [0.2, 0.25) is 5.02 Å². The number of nitrogens with zero attached hydrogens (tertiary/aromatic N) is 5. The second-order valence-electron chi connectivity index (χ2n) is 6.87. The number of aromatic nitrogens is 4. The van der Waals surface area contributed by atoms with Crippen LogP contribution in [-0.4, -0.2) is 37.1 Å². The molecule has 0 saturated carbocycles. The Morgan fingerprint density at radius 3 is 2.69 bits per heavy atom. The van der Waals surface area contributed by atoms with Crippen molar-refractivity contribution in [2.75, 3.05) is 12.3 Å². The quantitative estimate of drug-likeness (QED) is 0.710. The smallest absolute Gasteiger partial charge is 0.274 e. The molecule has 1 fully saturated rings. The van der Waals surface area contributed by atoms with Crippen molar-refractivity contribution in [3.05, 3.63) is 69.4 Å². The molecule has 3 heterocycles. The number of likely N-dealkylation sites (tertiary alicyclic amines) is 1. The third kappa shape index (κ3) is 3.71. The molecule has 1 aliphatic heterocycles. The summed E-state index contributed by atoms with van der Waals surface area (Å²) in [6, 6.07) is 9.89. The molecule has 4 rings (SSSR count). The van der Waals surface area contributed by atoms with Gasteiger partial charge in [0.15, 0.2) is 0 Å². The van der Waals surface area contributed by atoms with Gasteiger partial charge >= 0.3 is 0 Å². The number of aryl methyl sites for hydroxylation is 1. The van der Waals surface area contributed by atoms with Crippen LogP contribution in [0.15, 0.2) is 47.4 Å². The largest absolute Gasteiger partial charge is 0.368 e. The molecule has 29 heavy (non-hydrogen) atoms. The van der Waals surface area contributed by atoms with Gasteiger partial charge in [-0.2, -0.15) is 5.10 Å². The molecule has 9 heteroatoms. The van der Waals surface area contributed by atoms with Crippen molar-refractivity contribution in [2.45, 2.75) is 18.9 Å². The lowest BCUT2D eigenvalue weighted by Crippen LogP contribution is -2.33. The molecule has 8 nitrogen and oxygen atoms in total. The van der Waals surface area contributed by atoms with Gasteiger partial charge in [-0.3, -0.25) is 9.59 Å². The van der Waals surface area contributed by atoms with Crippen molar-refractivity contribution >= 4 is 23.5 Å². The van der Waals surface area contributed by atoms with Crippen LogP contribution in [0.5, 0.6) is 0 Å². The number of benzene rings is 1. The molecule has 148 valence electrons. The van der Waals surface area contributed by atoms with E-state index in [1.54, 1.807) is 23.2 Å². The van der Waals surface area contributed by atoms with Crippen LogP contribution in [0.4, 0.5) is 5.95 Å². The summed E-state index contributed by atoms with van der Waals surface area (Å²) >= 11 is 6.01. The van der Waals surface area contributed by atoms with Gasteiger partial charge in [-0.1, -0.05) is 23.7 Å². The van der Waals surface area contributed by atoms with Crippen molar-refractivity contribution in [1.82, 2.24) is 24.6 Å². The first-order valence-corrected chi connectivity index (χ1v) is 9.55. The lowest BCUT2D eigenvalue weighted by atomic mass is 10.00. The van der Waals surface area contributed by atoms with Gasteiger partial charge in [0, 0.05) is 36.4 Å². The molecule has 1 saturated heterocycles. The van der Waals surface area contributed by atoms with E-state index in [1.807, 2.05) is 12.1 Å². The average Bonchev–Trinajstić information content (AvgIpc) is 3.20. The molecular weight excluding hydrogens is 392 g/mol. The van der Waals surface area contributed by atoms with Gasteiger partial charge in [-0.25, -0.2) is 14.6 Å². The number of anilines is 1. The SMILES string of the molecule is Cn1nc(C(=O)N2CCCC2c2nc(N)ncc2-c2ccc(Cl)cc2)ccc1=O. The predicted molar refractivity (Wildman–Crippen MR) is 109 cm³/mol. The van der Waals surface area contributed by atoms with E-state index < -0.39 is 0 Å². The Bertz CT molecular complexity index is 1130. The highest BCUT2D eigenvalue weighted by atomic mass is 35.5. The zero-order valence-electron chi connectivity index (χ0n) is 15.7. The maximum atomic E-state index is 13.1. The van der Waals surface area contributed by atoms with Gasteiger partial charge in [0.1, 0.15) is 5.69 Å². The first-order chi connectivity index (χ1) is 13.9. The van der Waals surface area contributed by atoms with E-state index in [9.17, 15) is 9.59 Å². The van der Waals surface area contributed by atoms with Crippen LogP contribution in [0.3, 0.4) is 0 Å². The summed E-state index contributed by atoms with van der Waals surface area (Å²) in [5.41, 5.74) is 8.20. The molecule has 1 amide bonds. The topological polar surface area (TPSA) is 107 Å². The second-order valence-corrected chi connectivity index (χ2v) is 7.31. The number of hydrogen-bond acceptors (Lipinski definition) is 6. The number of rotatable bonds is 3. The Hall–Kier alpha value is -3.26. The Morgan fingerprint density at radius 2 is 1.97 bits per heavy atom. The summed E-state index contributed by atoms with van der Waals surface area (Å²) in [4.78, 5) is 35.1. The van der Waals surface area contributed by atoms with Crippen molar-refractivity contribution in [3.63, 3.8) is 0 Å². The van der Waals surface area contributed by atoms with E-state index >= 15 is 0 Å². The Labute approximate surface area is 172 Å². The highest BCUT2D eigenvalue weighted by Gasteiger charge is 2.34. The van der Waals surface area contributed by atoms with Gasteiger partial charge in [-0.15, -0.1) is 0 Å². The number of nitrogen functional groups attached to an aromatic ring is 1. The number of carbonyl (C=O) groups excluding carboxylic acids is 1. The minimum atomic E-state index is -0.270. The minimum Gasteiger partial charge on any atom is -0.368 e. The summed E-state index contributed by atoms with van der Waals surface area (Å²) in [6.45, 7) is 0.567. The third-order valence-corrected chi connectivity index (χ3v) is 5.25. The van der Waals surface area contributed by atoms with Crippen LogP contribution in [0.1, 0.15) is 35.1 Å². The fourth-order valence-corrected chi connectivity index (χ4v) is 3.70. The van der Waals surface area contributed by atoms with Crippen molar-refractivity contribution in [1.29, 1.82) is 0 Å². The van der Waals surface area contributed by atoms with E-state index in [2.05, 4.69) is 15.1 Å². The van der Waals surface area contributed by atoms with E-state index in [4.69, 9.17) is 17.3 Å². The van der Waals surface area contributed by atoms with Gasteiger partial charge in [-0.05, 0) is 36.6 Å². The Kier molecular flexibility index (Phi) is 5.02. The standard InChI is InChI=1S/C20H19ClN6O2/c1-26-17(28)9-8-15(25-26)19(29)27-10-2-3-16(27)18-14(11-23-20(22)24-18)12-4-6-13(21)7-5-12/h4-9,11,16H,2-3,10H2,1H3,(H2,22,23,24). The number of nitrogens with two attached hydrogens (primary N) is 1. The molecule has 1 atom stereocenters. The van der Waals surface area contributed by atoms with E-state index in [0.29, 0.717) is 17.3 Å². The predicted octanol–water partition coefficient (Wildman–Crippen LogP) is 2.45. The van der Waals surface area contributed by atoms with Gasteiger partial charge in [0.25, 0.3) is 11.5 Å². The van der Waals surface area contributed by atoms with Crippen LogP contribution >= 0.6 is 11.6 Å². The molecule has 0 aliphatic carbocycles. The maximum absolute atomic E-state index is 13.1. The van der Waals surface area contributed by atoms with Crippen LogP contribution in [0.25, 0.3) is 11.1 Å². The van der Waals surface area contributed by atoms with Gasteiger partial charge in [0.2, 0.25) is 5.95 Å². The van der Waals surface area contributed by atoms with Crippen LogP contribution in [-0.2, 0) is 7.05 Å². The van der Waals surface area contributed by atoms with Crippen molar-refractivity contribution in [3.8, 4) is 11.1 Å². The molecule has 1 unspecified atom stereocenters. The highest BCUT2D eigenvalue weighted by molar-refractivity contribution is 6.30. The normalized spacial score (nSPS) is 16.2. The average molecular weight is 411 g/mol. The summed E-state index contributed by atoms with van der Waals surface area (Å²) in [6.07, 6.45) is 3.24. The fraction of sp³-hybridized carbons (Fsp3) is 0.250. The van der Waals surface area contributed by atoms with E-state index in [-0.39, 0.29) is 29.2 Å². The van der Waals surface area contributed by atoms with E-state index in [1.165, 1.54) is 19.2 Å². The van der Waals surface area contributed by atoms with Gasteiger partial charge < -0.3 is 10.6 Å². The van der Waals surface area contributed by atoms with E-state index in [0.717, 1.165) is 28.7 Å². The first kappa shape index (κ1) is 19.1. The summed E-state index contributed by atoms with van der Waals surface area (Å²) < 4.78 is 1.15. The Morgan fingerprint density at radius 1 is 1.21 bits per heavy atom. The summed E-state index contributed by atoms with van der Waals surface area (Å²) in [5, 5.41) is 4.72. The van der Waals surface area contributed by atoms with Crippen molar-refractivity contribution in [2.24, 2.45) is 7.05 Å². The molecule has 2 aromatic heterocycles. The zero-order chi connectivity index (χ0) is 20.5. The van der Waals surface area contributed by atoms with Crippen molar-refractivity contribution < 1.29 is 4.79 Å². The number of hydrogen-bond donors (Lipinski definition) is 1. The monoisotopic (exact) mass is 410 g/mol. The lowest BCUT2D eigenvalue weighted by Gasteiger charge is -2.25. The second kappa shape index (κ2) is 7.63. The van der Waals surface area contributed by atoms with Crippen LogP contribution < -0.4 is 11.3 Å². The number of halogens is 1. The molecule has 1 aliphatic rings.